The van der Waals surface area contributed by atoms with E-state index >= 15 is 0 Å². The molecule has 1 amide bonds. The molecule has 1 aromatic rings. The standard InChI is InChI=1S/C18H30N4O3/c1-5-7-10-21-18(19-3)22-12-14-8-9-15(16(11-14)24-4)25-13-17(23)20-6-2/h8-9,11H,5-7,10,12-13H2,1-4H3,(H,20,23)(H2,19,21,22). The van der Waals surface area contributed by atoms with Gasteiger partial charge in [-0.3, -0.25) is 9.79 Å². The zero-order chi connectivity index (χ0) is 18.5. The molecule has 0 fully saturated rings. The maximum atomic E-state index is 11.5. The number of aliphatic imine (C=N–C) groups is 1. The number of nitrogens with zero attached hydrogens (tertiary/aromatic N) is 1. The molecule has 0 spiro atoms. The number of unbranched alkanes of at least 4 members (excludes halogenated alkanes) is 1. The molecule has 0 saturated carbocycles. The molecule has 1 rings (SSSR count). The Morgan fingerprint density at radius 1 is 1.16 bits per heavy atom. The Morgan fingerprint density at radius 3 is 2.60 bits per heavy atom. The molecule has 0 radical (unpaired) electrons. The summed E-state index contributed by atoms with van der Waals surface area (Å²) in [6.45, 7) is 6.07. The zero-order valence-corrected chi connectivity index (χ0v) is 15.6. The fraction of sp³-hybridized carbons (Fsp3) is 0.556. The van der Waals surface area contributed by atoms with Crippen LogP contribution < -0.4 is 25.4 Å². The predicted octanol–water partition coefficient (Wildman–Crippen LogP) is 1.68. The third-order valence-corrected chi connectivity index (χ3v) is 3.47. The van der Waals surface area contributed by atoms with Crippen molar-refractivity contribution in [1.82, 2.24) is 16.0 Å². The lowest BCUT2D eigenvalue weighted by molar-refractivity contribution is -0.123. The van der Waals surface area contributed by atoms with E-state index in [0.29, 0.717) is 24.6 Å². The van der Waals surface area contributed by atoms with E-state index in [-0.39, 0.29) is 12.5 Å². The lowest BCUT2D eigenvalue weighted by Gasteiger charge is -2.14. The number of guanidine groups is 1. The van der Waals surface area contributed by atoms with E-state index < -0.39 is 0 Å². The summed E-state index contributed by atoms with van der Waals surface area (Å²) in [6, 6.07) is 5.63. The van der Waals surface area contributed by atoms with Crippen LogP contribution in [0.4, 0.5) is 0 Å². The highest BCUT2D eigenvalue weighted by Gasteiger charge is 2.08. The van der Waals surface area contributed by atoms with E-state index in [2.05, 4.69) is 27.9 Å². The van der Waals surface area contributed by atoms with Gasteiger partial charge in [-0.1, -0.05) is 19.4 Å². The summed E-state index contributed by atoms with van der Waals surface area (Å²) < 4.78 is 10.9. The first-order chi connectivity index (χ1) is 12.1. The van der Waals surface area contributed by atoms with Crippen molar-refractivity contribution in [2.75, 3.05) is 33.9 Å². The van der Waals surface area contributed by atoms with Crippen molar-refractivity contribution in [2.24, 2.45) is 4.99 Å². The molecule has 3 N–H and O–H groups in total. The second-order valence-electron chi connectivity index (χ2n) is 5.43. The molecule has 0 aliphatic rings. The van der Waals surface area contributed by atoms with Gasteiger partial charge in [-0.05, 0) is 31.0 Å². The van der Waals surface area contributed by atoms with Gasteiger partial charge in [0.05, 0.1) is 7.11 Å². The number of nitrogens with one attached hydrogen (secondary N) is 3. The summed E-state index contributed by atoms with van der Waals surface area (Å²) >= 11 is 0. The highest BCUT2D eigenvalue weighted by molar-refractivity contribution is 5.79. The van der Waals surface area contributed by atoms with Crippen LogP contribution in [0.1, 0.15) is 32.3 Å². The van der Waals surface area contributed by atoms with Crippen LogP contribution >= 0.6 is 0 Å². The van der Waals surface area contributed by atoms with E-state index in [0.717, 1.165) is 30.9 Å². The van der Waals surface area contributed by atoms with E-state index in [1.807, 2.05) is 25.1 Å². The minimum Gasteiger partial charge on any atom is -0.493 e. The first kappa shape index (κ1) is 20.6. The normalized spacial score (nSPS) is 11.0. The lowest BCUT2D eigenvalue weighted by atomic mass is 10.2. The average Bonchev–Trinajstić information content (AvgIpc) is 2.63. The van der Waals surface area contributed by atoms with Gasteiger partial charge in [0, 0.05) is 26.7 Å². The molecule has 1 aromatic carbocycles. The van der Waals surface area contributed by atoms with Gasteiger partial charge < -0.3 is 25.4 Å². The summed E-state index contributed by atoms with van der Waals surface area (Å²) in [7, 11) is 3.33. The number of benzene rings is 1. The lowest BCUT2D eigenvalue weighted by Crippen LogP contribution is -2.37. The number of rotatable bonds is 10. The molecule has 140 valence electrons. The van der Waals surface area contributed by atoms with Gasteiger partial charge in [0.15, 0.2) is 24.1 Å². The number of likely N-dealkylation sites (N-methyl/N-ethyl adjacent to an activating group) is 1. The first-order valence-corrected chi connectivity index (χ1v) is 8.65. The maximum absolute atomic E-state index is 11.5. The van der Waals surface area contributed by atoms with Crippen molar-refractivity contribution >= 4 is 11.9 Å². The number of methoxy groups -OCH3 is 1. The van der Waals surface area contributed by atoms with Crippen LogP contribution in [0, 0.1) is 0 Å². The summed E-state index contributed by atoms with van der Waals surface area (Å²) in [4.78, 5) is 15.7. The van der Waals surface area contributed by atoms with Crippen molar-refractivity contribution in [3.05, 3.63) is 23.8 Å². The minimum absolute atomic E-state index is 0.0320. The maximum Gasteiger partial charge on any atom is 0.257 e. The van der Waals surface area contributed by atoms with Crippen LogP contribution in [0.3, 0.4) is 0 Å². The van der Waals surface area contributed by atoms with E-state index in [1.165, 1.54) is 0 Å². The molecule has 0 atom stereocenters. The fourth-order valence-electron chi connectivity index (χ4n) is 2.12. The van der Waals surface area contributed by atoms with Crippen LogP contribution in [-0.4, -0.2) is 45.7 Å². The van der Waals surface area contributed by atoms with Crippen LogP contribution in [-0.2, 0) is 11.3 Å². The van der Waals surface area contributed by atoms with Crippen molar-refractivity contribution in [3.63, 3.8) is 0 Å². The summed E-state index contributed by atoms with van der Waals surface area (Å²) in [5.74, 6) is 1.75. The molecule has 0 bridgehead atoms. The van der Waals surface area contributed by atoms with Crippen LogP contribution in [0.15, 0.2) is 23.2 Å². The van der Waals surface area contributed by atoms with Crippen molar-refractivity contribution in [3.8, 4) is 11.5 Å². The molecular weight excluding hydrogens is 320 g/mol. The molecule has 0 aliphatic heterocycles. The van der Waals surface area contributed by atoms with Crippen LogP contribution in [0.5, 0.6) is 11.5 Å². The second-order valence-corrected chi connectivity index (χ2v) is 5.43. The molecule has 0 unspecified atom stereocenters. The molecular formula is C18H30N4O3. The van der Waals surface area contributed by atoms with Crippen molar-refractivity contribution < 1.29 is 14.3 Å². The van der Waals surface area contributed by atoms with Gasteiger partial charge in [0.1, 0.15) is 0 Å². The number of hydrogen-bond acceptors (Lipinski definition) is 4. The minimum atomic E-state index is -0.155. The Morgan fingerprint density at radius 2 is 1.96 bits per heavy atom. The van der Waals surface area contributed by atoms with Crippen LogP contribution in [0.2, 0.25) is 0 Å². The van der Waals surface area contributed by atoms with Crippen molar-refractivity contribution in [2.45, 2.75) is 33.2 Å². The Bertz CT molecular complexity index is 561. The highest BCUT2D eigenvalue weighted by atomic mass is 16.5. The van der Waals surface area contributed by atoms with Crippen LogP contribution in [0.25, 0.3) is 0 Å². The summed E-state index contributed by atoms with van der Waals surface area (Å²) in [6.07, 6.45) is 2.24. The smallest absolute Gasteiger partial charge is 0.257 e. The highest BCUT2D eigenvalue weighted by Crippen LogP contribution is 2.27. The Hall–Kier alpha value is -2.44. The molecule has 0 heterocycles. The van der Waals surface area contributed by atoms with E-state index in [4.69, 9.17) is 9.47 Å². The molecule has 0 aromatic heterocycles. The SMILES string of the molecule is CCCCNC(=NC)NCc1ccc(OCC(=O)NCC)c(OC)c1. The van der Waals surface area contributed by atoms with E-state index in [9.17, 15) is 4.79 Å². The molecule has 7 heteroatoms. The summed E-state index contributed by atoms with van der Waals surface area (Å²) in [5.41, 5.74) is 1.03. The van der Waals surface area contributed by atoms with Gasteiger partial charge >= 0.3 is 0 Å². The van der Waals surface area contributed by atoms with Gasteiger partial charge in [-0.25, -0.2) is 0 Å². The number of ether oxygens (including phenoxy) is 2. The third-order valence-electron chi connectivity index (χ3n) is 3.47. The first-order valence-electron chi connectivity index (χ1n) is 8.65. The van der Waals surface area contributed by atoms with Gasteiger partial charge in [0.25, 0.3) is 5.91 Å². The van der Waals surface area contributed by atoms with Gasteiger partial charge in [0.2, 0.25) is 0 Å². The number of hydrogen-bond donors (Lipinski definition) is 3. The monoisotopic (exact) mass is 350 g/mol. The van der Waals surface area contributed by atoms with Gasteiger partial charge in [-0.15, -0.1) is 0 Å². The van der Waals surface area contributed by atoms with Gasteiger partial charge in [-0.2, -0.15) is 0 Å². The molecule has 0 aliphatic carbocycles. The molecule has 0 saturated heterocycles. The average molecular weight is 350 g/mol. The topological polar surface area (TPSA) is 84.0 Å². The second kappa shape index (κ2) is 12.0. The predicted molar refractivity (Wildman–Crippen MR) is 100 cm³/mol. The number of amides is 1. The van der Waals surface area contributed by atoms with Crippen molar-refractivity contribution in [1.29, 1.82) is 0 Å². The fourth-order valence-corrected chi connectivity index (χ4v) is 2.12. The Balaban J connectivity index is 2.60. The molecule has 7 nitrogen and oxygen atoms in total. The quantitative estimate of drug-likeness (QED) is 0.340. The number of carbonyl (C=O) groups is 1. The Labute approximate surface area is 150 Å². The number of carbonyl (C=O) groups excluding carboxylic acids is 1. The third kappa shape index (κ3) is 7.78. The molecule has 25 heavy (non-hydrogen) atoms. The largest absolute Gasteiger partial charge is 0.493 e. The van der Waals surface area contributed by atoms with E-state index in [1.54, 1.807) is 14.2 Å². The summed E-state index contributed by atoms with van der Waals surface area (Å²) in [5, 5.41) is 9.21. The zero-order valence-electron chi connectivity index (χ0n) is 15.6. The Kier molecular flexibility index (Phi) is 9.89.